The molecule has 49 valence electrons. The van der Waals surface area contributed by atoms with Crippen molar-refractivity contribution in [1.82, 2.24) is 0 Å². The van der Waals surface area contributed by atoms with Gasteiger partial charge in [-0.15, -0.1) is 6.42 Å². The molecule has 0 aliphatic heterocycles. The monoisotopic (exact) mass is 125 g/mol. The van der Waals surface area contributed by atoms with Crippen LogP contribution in [0, 0.1) is 18.8 Å². The highest BCUT2D eigenvalue weighted by atomic mass is 19.1. The van der Waals surface area contributed by atoms with E-state index in [0.29, 0.717) is 12.8 Å². The van der Waals surface area contributed by atoms with Crippen LogP contribution in [0.5, 0.6) is 0 Å². The van der Waals surface area contributed by atoms with E-state index in [1.54, 1.807) is 0 Å². The first-order valence-electron chi connectivity index (χ1n) is 3.25. The minimum Gasteiger partial charge on any atom is -0.230 e. The Labute approximate surface area is 55.5 Å². The molecule has 9 heavy (non-hydrogen) atoms. The third-order valence-electron chi connectivity index (χ3n) is 1.75. The van der Waals surface area contributed by atoms with Crippen molar-refractivity contribution in [2.45, 2.75) is 31.4 Å². The number of terminal acetylenes is 1. The van der Waals surface area contributed by atoms with Gasteiger partial charge in [-0.3, -0.25) is 0 Å². The van der Waals surface area contributed by atoms with Crippen molar-refractivity contribution >= 4 is 0 Å². The maximum atomic E-state index is 13.0. The number of hydrogen-bond donors (Lipinski definition) is 0. The topological polar surface area (TPSA) is 0 Å². The molecular formula is C8H10F. The summed E-state index contributed by atoms with van der Waals surface area (Å²) < 4.78 is 13.0. The van der Waals surface area contributed by atoms with Gasteiger partial charge in [-0.1, -0.05) is 5.92 Å². The normalized spacial score (nSPS) is 24.9. The molecule has 0 nitrogen and oxygen atoms in total. The van der Waals surface area contributed by atoms with Crippen molar-refractivity contribution in [1.29, 1.82) is 0 Å². The van der Waals surface area contributed by atoms with E-state index >= 15 is 0 Å². The summed E-state index contributed by atoms with van der Waals surface area (Å²) in [6.07, 6.45) is 9.79. The maximum absolute atomic E-state index is 13.0. The van der Waals surface area contributed by atoms with Crippen molar-refractivity contribution in [3.63, 3.8) is 0 Å². The van der Waals surface area contributed by atoms with E-state index in [1.807, 2.05) is 0 Å². The molecule has 1 rings (SSSR count). The first-order valence-corrected chi connectivity index (χ1v) is 3.25. The average molecular weight is 125 g/mol. The van der Waals surface area contributed by atoms with Crippen LogP contribution in [0.15, 0.2) is 0 Å². The summed E-state index contributed by atoms with van der Waals surface area (Å²) in [7, 11) is 0. The van der Waals surface area contributed by atoms with Crippen molar-refractivity contribution in [2.75, 3.05) is 0 Å². The van der Waals surface area contributed by atoms with Crippen LogP contribution in [-0.2, 0) is 0 Å². The van der Waals surface area contributed by atoms with Gasteiger partial charge in [0, 0.05) is 0 Å². The molecule has 1 fully saturated rings. The second kappa shape index (κ2) is 2.39. The highest BCUT2D eigenvalue weighted by Gasteiger charge is 2.28. The fraction of sp³-hybridized carbons (Fsp3) is 0.625. The predicted octanol–water partition coefficient (Wildman–Crippen LogP) is 2.11. The van der Waals surface area contributed by atoms with Gasteiger partial charge in [-0.25, -0.2) is 4.39 Å². The van der Waals surface area contributed by atoms with Crippen LogP contribution in [0.4, 0.5) is 4.39 Å². The van der Waals surface area contributed by atoms with Crippen molar-refractivity contribution < 1.29 is 4.39 Å². The largest absolute Gasteiger partial charge is 0.230 e. The van der Waals surface area contributed by atoms with Gasteiger partial charge in [0.15, 0.2) is 5.67 Å². The van der Waals surface area contributed by atoms with E-state index in [-0.39, 0.29) is 0 Å². The van der Waals surface area contributed by atoms with Gasteiger partial charge in [0.1, 0.15) is 0 Å². The molecule has 1 radical (unpaired) electrons. The zero-order valence-electron chi connectivity index (χ0n) is 5.36. The Morgan fingerprint density at radius 3 is 2.33 bits per heavy atom. The molecule has 0 unspecified atom stereocenters. The summed E-state index contributed by atoms with van der Waals surface area (Å²) in [6, 6.07) is 0. The number of rotatable bonds is 0. The van der Waals surface area contributed by atoms with Crippen molar-refractivity contribution in [3.05, 3.63) is 6.42 Å². The molecule has 1 aliphatic rings. The molecule has 0 heterocycles. The Morgan fingerprint density at radius 2 is 2.00 bits per heavy atom. The first kappa shape index (κ1) is 6.61. The molecule has 0 aromatic carbocycles. The Balaban J connectivity index is 2.49. The molecule has 0 amide bonds. The summed E-state index contributed by atoms with van der Waals surface area (Å²) in [4.78, 5) is 0. The molecule has 0 atom stereocenters. The number of alkyl halides is 1. The summed E-state index contributed by atoms with van der Waals surface area (Å²) in [6.45, 7) is 0. The Bertz CT molecular complexity index is 126. The molecule has 0 aromatic rings. The van der Waals surface area contributed by atoms with E-state index in [1.165, 1.54) is 0 Å². The van der Waals surface area contributed by atoms with E-state index in [2.05, 4.69) is 12.3 Å². The van der Waals surface area contributed by atoms with Gasteiger partial charge in [-0.2, -0.15) is 0 Å². The summed E-state index contributed by atoms with van der Waals surface area (Å²) in [5.74, 6) is 2.19. The average Bonchev–Trinajstić information content (AvgIpc) is 1.90. The quantitative estimate of drug-likeness (QED) is 0.435. The van der Waals surface area contributed by atoms with E-state index < -0.39 is 5.67 Å². The van der Waals surface area contributed by atoms with Gasteiger partial charge in [0.2, 0.25) is 0 Å². The van der Waals surface area contributed by atoms with Crippen LogP contribution in [-0.4, -0.2) is 5.67 Å². The van der Waals surface area contributed by atoms with Gasteiger partial charge < -0.3 is 0 Å². The fourth-order valence-electron chi connectivity index (χ4n) is 1.08. The second-order valence-corrected chi connectivity index (χ2v) is 2.48. The SMILES string of the molecule is C#CC1(F)CC[CH]CC1. The third kappa shape index (κ3) is 1.45. The van der Waals surface area contributed by atoms with E-state index in [0.717, 1.165) is 12.8 Å². The highest BCUT2D eigenvalue weighted by molar-refractivity contribution is 5.10. The van der Waals surface area contributed by atoms with E-state index in [9.17, 15) is 4.39 Å². The molecular weight excluding hydrogens is 115 g/mol. The molecule has 0 bridgehead atoms. The maximum Gasteiger partial charge on any atom is 0.170 e. The highest BCUT2D eigenvalue weighted by Crippen LogP contribution is 2.29. The lowest BCUT2D eigenvalue weighted by Gasteiger charge is -2.23. The predicted molar refractivity (Wildman–Crippen MR) is 35.4 cm³/mol. The summed E-state index contributed by atoms with van der Waals surface area (Å²) in [5, 5.41) is 0. The zero-order chi connectivity index (χ0) is 6.74. The zero-order valence-corrected chi connectivity index (χ0v) is 5.36. The second-order valence-electron chi connectivity index (χ2n) is 2.48. The molecule has 1 aliphatic carbocycles. The minimum absolute atomic E-state index is 0.517. The van der Waals surface area contributed by atoms with Crippen molar-refractivity contribution in [2.24, 2.45) is 0 Å². The standard InChI is InChI=1S/C8H10F/c1-2-8(9)6-4-3-5-7-8/h1,3H,4-7H2. The van der Waals surface area contributed by atoms with Crippen LogP contribution >= 0.6 is 0 Å². The molecule has 0 saturated heterocycles. The summed E-state index contributed by atoms with van der Waals surface area (Å²) in [5.41, 5.74) is -1.28. The first-order chi connectivity index (χ1) is 4.27. The van der Waals surface area contributed by atoms with Gasteiger partial charge in [0.25, 0.3) is 0 Å². The van der Waals surface area contributed by atoms with Crippen LogP contribution in [0.3, 0.4) is 0 Å². The Hall–Kier alpha value is -0.510. The minimum atomic E-state index is -1.28. The lowest BCUT2D eigenvalue weighted by molar-refractivity contribution is 0.193. The Kier molecular flexibility index (Phi) is 1.75. The molecule has 0 N–H and O–H groups in total. The van der Waals surface area contributed by atoms with Crippen LogP contribution in [0.25, 0.3) is 0 Å². The number of hydrogen-bond acceptors (Lipinski definition) is 0. The molecule has 1 saturated carbocycles. The van der Waals surface area contributed by atoms with Gasteiger partial charge in [0.05, 0.1) is 0 Å². The lowest BCUT2D eigenvalue weighted by atomic mass is 9.87. The van der Waals surface area contributed by atoms with Crippen LogP contribution in [0.2, 0.25) is 0 Å². The molecule has 0 spiro atoms. The summed E-state index contributed by atoms with van der Waals surface area (Å²) >= 11 is 0. The van der Waals surface area contributed by atoms with Gasteiger partial charge >= 0.3 is 0 Å². The Morgan fingerprint density at radius 1 is 1.44 bits per heavy atom. The smallest absolute Gasteiger partial charge is 0.170 e. The number of halogens is 1. The fourth-order valence-corrected chi connectivity index (χ4v) is 1.08. The molecule has 0 aromatic heterocycles. The van der Waals surface area contributed by atoms with Crippen LogP contribution in [0.1, 0.15) is 25.7 Å². The lowest BCUT2D eigenvalue weighted by Crippen LogP contribution is -2.23. The van der Waals surface area contributed by atoms with Crippen LogP contribution < -0.4 is 0 Å². The van der Waals surface area contributed by atoms with Crippen molar-refractivity contribution in [3.8, 4) is 12.3 Å². The third-order valence-corrected chi connectivity index (χ3v) is 1.75. The van der Waals surface area contributed by atoms with Gasteiger partial charge in [-0.05, 0) is 32.1 Å². The molecule has 1 heteroatoms. The van der Waals surface area contributed by atoms with E-state index in [4.69, 9.17) is 6.42 Å².